The molecule has 1 aromatic carbocycles. The Morgan fingerprint density at radius 1 is 1.16 bits per heavy atom. The first-order valence-corrected chi connectivity index (χ1v) is 7.24. The van der Waals surface area contributed by atoms with Gasteiger partial charge in [-0.1, -0.05) is 55.3 Å². The smallest absolute Gasteiger partial charge is 0.141 e. The van der Waals surface area contributed by atoms with Gasteiger partial charge in [-0.3, -0.25) is 4.79 Å². The minimum atomic E-state index is 0.203. The van der Waals surface area contributed by atoms with Gasteiger partial charge in [0.2, 0.25) is 0 Å². The largest absolute Gasteiger partial charge is 0.299 e. The van der Waals surface area contributed by atoms with Crippen molar-refractivity contribution in [3.63, 3.8) is 0 Å². The van der Waals surface area contributed by atoms with Crippen LogP contribution in [0.25, 0.3) is 0 Å². The number of benzene rings is 1. The highest BCUT2D eigenvalue weighted by atomic mass is 16.1. The van der Waals surface area contributed by atoms with Gasteiger partial charge in [0.15, 0.2) is 0 Å². The lowest BCUT2D eigenvalue weighted by Crippen LogP contribution is -2.23. The van der Waals surface area contributed by atoms with Crippen molar-refractivity contribution in [2.75, 3.05) is 0 Å². The predicted octanol–water partition coefficient (Wildman–Crippen LogP) is 4.71. The number of carbonyl (C=O) groups excluding carboxylic acids is 1. The minimum Gasteiger partial charge on any atom is -0.299 e. The standard InChI is InChI=1S/C18H24O/c1-14-8-7-11-18(2,3)17(14)13-16(19)12-15-9-5-4-6-10-15/h4-6,9-10H,7-8,11-13H2,1-3H3. The maximum Gasteiger partial charge on any atom is 0.141 e. The Labute approximate surface area is 116 Å². The van der Waals surface area contributed by atoms with E-state index in [9.17, 15) is 4.79 Å². The third-order valence-electron chi connectivity index (χ3n) is 4.30. The van der Waals surface area contributed by atoms with Gasteiger partial charge in [-0.15, -0.1) is 0 Å². The molecule has 19 heavy (non-hydrogen) atoms. The molecule has 0 amide bonds. The maximum atomic E-state index is 12.3. The number of hydrogen-bond donors (Lipinski definition) is 0. The molecule has 0 N–H and O–H groups in total. The molecule has 1 aromatic rings. The third-order valence-corrected chi connectivity index (χ3v) is 4.30. The van der Waals surface area contributed by atoms with Crippen molar-refractivity contribution < 1.29 is 4.79 Å². The van der Waals surface area contributed by atoms with E-state index in [1.807, 2.05) is 30.3 Å². The molecular weight excluding hydrogens is 232 g/mol. The molecule has 0 saturated carbocycles. The quantitative estimate of drug-likeness (QED) is 0.713. The first kappa shape index (κ1) is 14.0. The molecule has 1 nitrogen and oxygen atoms in total. The van der Waals surface area contributed by atoms with Crippen LogP contribution in [-0.2, 0) is 11.2 Å². The highest BCUT2D eigenvalue weighted by molar-refractivity contribution is 5.83. The molecule has 0 saturated heterocycles. The molecule has 2 rings (SSSR count). The zero-order chi connectivity index (χ0) is 13.9. The molecule has 1 aliphatic rings. The van der Waals surface area contributed by atoms with Crippen LogP contribution in [0.1, 0.15) is 52.0 Å². The van der Waals surface area contributed by atoms with E-state index >= 15 is 0 Å². The van der Waals surface area contributed by atoms with Gasteiger partial charge in [-0.25, -0.2) is 0 Å². The SMILES string of the molecule is CC1=C(CC(=O)Cc2ccccc2)C(C)(C)CCC1. The molecule has 0 spiro atoms. The lowest BCUT2D eigenvalue weighted by molar-refractivity contribution is -0.118. The van der Waals surface area contributed by atoms with E-state index in [4.69, 9.17) is 0 Å². The Kier molecular flexibility index (Phi) is 4.24. The Hall–Kier alpha value is -1.37. The number of Topliss-reactive ketones (excluding diaryl/α,β-unsaturated/α-hetero) is 1. The Balaban J connectivity index is 2.06. The first-order valence-electron chi connectivity index (χ1n) is 7.24. The lowest BCUT2D eigenvalue weighted by Gasteiger charge is -2.34. The van der Waals surface area contributed by atoms with Crippen LogP contribution in [0.4, 0.5) is 0 Å². The molecule has 0 radical (unpaired) electrons. The lowest BCUT2D eigenvalue weighted by atomic mass is 9.71. The summed E-state index contributed by atoms with van der Waals surface area (Å²) < 4.78 is 0. The van der Waals surface area contributed by atoms with Crippen LogP contribution in [0.15, 0.2) is 41.5 Å². The van der Waals surface area contributed by atoms with Gasteiger partial charge < -0.3 is 0 Å². The number of ketones is 1. The summed E-state index contributed by atoms with van der Waals surface area (Å²) in [4.78, 5) is 12.3. The Morgan fingerprint density at radius 2 is 1.84 bits per heavy atom. The highest BCUT2D eigenvalue weighted by Crippen LogP contribution is 2.41. The first-order chi connectivity index (χ1) is 8.99. The fraction of sp³-hybridized carbons (Fsp3) is 0.500. The molecule has 0 aromatic heterocycles. The molecule has 1 heteroatoms. The molecule has 0 atom stereocenters. The molecule has 0 heterocycles. The third kappa shape index (κ3) is 3.56. The van der Waals surface area contributed by atoms with E-state index < -0.39 is 0 Å². The van der Waals surface area contributed by atoms with E-state index in [1.165, 1.54) is 24.0 Å². The van der Waals surface area contributed by atoms with Crippen LogP contribution in [0.3, 0.4) is 0 Å². The topological polar surface area (TPSA) is 17.1 Å². The summed E-state index contributed by atoms with van der Waals surface area (Å²) in [7, 11) is 0. The average molecular weight is 256 g/mol. The van der Waals surface area contributed by atoms with Crippen LogP contribution in [0.2, 0.25) is 0 Å². The second kappa shape index (κ2) is 5.73. The van der Waals surface area contributed by atoms with Gasteiger partial charge >= 0.3 is 0 Å². The van der Waals surface area contributed by atoms with Crippen molar-refractivity contribution in [3.05, 3.63) is 47.0 Å². The van der Waals surface area contributed by atoms with Crippen molar-refractivity contribution >= 4 is 5.78 Å². The van der Waals surface area contributed by atoms with Gasteiger partial charge in [-0.2, -0.15) is 0 Å². The zero-order valence-electron chi connectivity index (χ0n) is 12.3. The molecule has 0 aliphatic heterocycles. The molecule has 1 aliphatic carbocycles. The Morgan fingerprint density at radius 3 is 2.47 bits per heavy atom. The monoisotopic (exact) mass is 256 g/mol. The van der Waals surface area contributed by atoms with Crippen LogP contribution in [0.5, 0.6) is 0 Å². The van der Waals surface area contributed by atoms with Crippen molar-refractivity contribution in [2.45, 2.75) is 52.9 Å². The van der Waals surface area contributed by atoms with Crippen LogP contribution >= 0.6 is 0 Å². The second-order valence-electron chi connectivity index (χ2n) is 6.37. The molecule has 0 unspecified atom stereocenters. The van der Waals surface area contributed by atoms with E-state index in [0.717, 1.165) is 12.0 Å². The van der Waals surface area contributed by atoms with Gasteiger partial charge in [0.1, 0.15) is 5.78 Å². The summed E-state index contributed by atoms with van der Waals surface area (Å²) in [6, 6.07) is 10.1. The molecule has 0 fully saturated rings. The van der Waals surface area contributed by atoms with E-state index in [0.29, 0.717) is 18.6 Å². The number of rotatable bonds is 4. The molecule has 102 valence electrons. The highest BCUT2D eigenvalue weighted by Gasteiger charge is 2.29. The van der Waals surface area contributed by atoms with E-state index in [-0.39, 0.29) is 5.41 Å². The van der Waals surface area contributed by atoms with Crippen molar-refractivity contribution in [1.29, 1.82) is 0 Å². The minimum absolute atomic E-state index is 0.203. The predicted molar refractivity (Wildman–Crippen MR) is 80.1 cm³/mol. The number of allylic oxidation sites excluding steroid dienone is 2. The summed E-state index contributed by atoms with van der Waals surface area (Å²) >= 11 is 0. The summed E-state index contributed by atoms with van der Waals surface area (Å²) in [6.07, 6.45) is 4.83. The van der Waals surface area contributed by atoms with E-state index in [2.05, 4.69) is 20.8 Å². The van der Waals surface area contributed by atoms with Gasteiger partial charge in [0, 0.05) is 12.8 Å². The fourth-order valence-corrected chi connectivity index (χ4v) is 3.15. The molecule has 0 bridgehead atoms. The number of hydrogen-bond acceptors (Lipinski definition) is 1. The summed E-state index contributed by atoms with van der Waals surface area (Å²) in [5.74, 6) is 0.343. The average Bonchev–Trinajstić information content (AvgIpc) is 2.35. The summed E-state index contributed by atoms with van der Waals surface area (Å²) in [5, 5.41) is 0. The van der Waals surface area contributed by atoms with Crippen molar-refractivity contribution in [3.8, 4) is 0 Å². The fourth-order valence-electron chi connectivity index (χ4n) is 3.15. The van der Waals surface area contributed by atoms with E-state index in [1.54, 1.807) is 0 Å². The van der Waals surface area contributed by atoms with Crippen molar-refractivity contribution in [2.24, 2.45) is 5.41 Å². The van der Waals surface area contributed by atoms with Crippen LogP contribution in [0, 0.1) is 5.41 Å². The van der Waals surface area contributed by atoms with Gasteiger partial charge in [0.05, 0.1) is 0 Å². The van der Waals surface area contributed by atoms with Crippen molar-refractivity contribution in [1.82, 2.24) is 0 Å². The normalized spacial score (nSPS) is 18.5. The van der Waals surface area contributed by atoms with Gasteiger partial charge in [0.25, 0.3) is 0 Å². The summed E-state index contributed by atoms with van der Waals surface area (Å²) in [5.41, 5.74) is 4.16. The zero-order valence-corrected chi connectivity index (χ0v) is 12.3. The second-order valence-corrected chi connectivity index (χ2v) is 6.37. The maximum absolute atomic E-state index is 12.3. The van der Waals surface area contributed by atoms with Gasteiger partial charge in [-0.05, 0) is 37.2 Å². The molecular formula is C18H24O. The van der Waals surface area contributed by atoms with Crippen LogP contribution in [-0.4, -0.2) is 5.78 Å². The van der Waals surface area contributed by atoms with Crippen LogP contribution < -0.4 is 0 Å². The Bertz CT molecular complexity index is 480. The number of carbonyl (C=O) groups is 1. The summed E-state index contributed by atoms with van der Waals surface area (Å²) in [6.45, 7) is 6.76.